The van der Waals surface area contributed by atoms with E-state index in [1.54, 1.807) is 20.3 Å². The van der Waals surface area contributed by atoms with Crippen LogP contribution in [0.2, 0.25) is 0 Å². The first kappa shape index (κ1) is 10.5. The topological polar surface area (TPSA) is 36.9 Å². The minimum absolute atomic E-state index is 0.191. The molecule has 0 N–H and O–H groups in total. The molecule has 4 heteroatoms. The molecule has 16 heavy (non-hydrogen) atoms. The van der Waals surface area contributed by atoms with Gasteiger partial charge in [-0.25, -0.2) is 0 Å². The third-order valence-corrected chi connectivity index (χ3v) is 2.27. The third kappa shape index (κ3) is 1.49. The molecule has 0 saturated heterocycles. The van der Waals surface area contributed by atoms with Crippen molar-refractivity contribution in [2.45, 2.75) is 0 Å². The van der Waals surface area contributed by atoms with Crippen LogP contribution in [0.3, 0.4) is 0 Å². The van der Waals surface area contributed by atoms with Crippen LogP contribution < -0.4 is 18.9 Å². The number of methoxy groups -OCH3 is 2. The molecule has 1 aliphatic heterocycles. The molecule has 4 nitrogen and oxygen atoms in total. The first-order chi connectivity index (χ1) is 7.81. The average Bonchev–Trinajstić information content (AvgIpc) is 2.75. The highest BCUT2D eigenvalue weighted by molar-refractivity contribution is 5.71. The Bertz CT molecular complexity index is 459. The van der Waals surface area contributed by atoms with Gasteiger partial charge in [0.15, 0.2) is 11.5 Å². The Morgan fingerprint density at radius 1 is 1.31 bits per heavy atom. The van der Waals surface area contributed by atoms with Gasteiger partial charge in [0, 0.05) is 5.56 Å². The molecular formula is C12H12O4. The van der Waals surface area contributed by atoms with E-state index in [0.717, 1.165) is 5.56 Å². The molecule has 0 aliphatic carbocycles. The van der Waals surface area contributed by atoms with Crippen molar-refractivity contribution in [1.29, 1.82) is 0 Å². The summed E-state index contributed by atoms with van der Waals surface area (Å²) in [5.74, 6) is 2.32. The molecule has 1 aliphatic rings. The molecule has 0 spiro atoms. The molecule has 0 aromatic heterocycles. The molecule has 84 valence electrons. The highest BCUT2D eigenvalue weighted by Gasteiger charge is 2.25. The van der Waals surface area contributed by atoms with E-state index >= 15 is 0 Å². The van der Waals surface area contributed by atoms with Gasteiger partial charge in [-0.05, 0) is 12.1 Å². The van der Waals surface area contributed by atoms with Gasteiger partial charge >= 0.3 is 0 Å². The lowest BCUT2D eigenvalue weighted by molar-refractivity contribution is 0.170. The monoisotopic (exact) mass is 220 g/mol. The van der Waals surface area contributed by atoms with Crippen molar-refractivity contribution in [3.8, 4) is 23.0 Å². The Morgan fingerprint density at radius 2 is 2.06 bits per heavy atom. The number of fused-ring (bicyclic) bond motifs is 1. The summed E-state index contributed by atoms with van der Waals surface area (Å²) in [6.07, 6.45) is 1.70. The van der Waals surface area contributed by atoms with E-state index < -0.39 is 0 Å². The molecule has 2 rings (SSSR count). The SMILES string of the molecule is C=C=Cc1cc2c(c(OC)c1OC)OCO2. The van der Waals surface area contributed by atoms with Gasteiger partial charge in [-0.1, -0.05) is 6.58 Å². The molecule has 0 fully saturated rings. The van der Waals surface area contributed by atoms with E-state index in [-0.39, 0.29) is 6.79 Å². The van der Waals surface area contributed by atoms with Crippen molar-refractivity contribution in [3.63, 3.8) is 0 Å². The molecule has 0 atom stereocenters. The van der Waals surface area contributed by atoms with Gasteiger partial charge in [-0.15, -0.1) is 5.73 Å². The Morgan fingerprint density at radius 3 is 2.69 bits per heavy atom. The lowest BCUT2D eigenvalue weighted by Gasteiger charge is -2.12. The Labute approximate surface area is 93.7 Å². The second kappa shape index (κ2) is 4.21. The van der Waals surface area contributed by atoms with Crippen molar-refractivity contribution in [3.05, 3.63) is 23.9 Å². The van der Waals surface area contributed by atoms with Crippen LogP contribution >= 0.6 is 0 Å². The predicted octanol–water partition coefficient (Wildman–Crippen LogP) is 2.23. The molecular weight excluding hydrogens is 208 g/mol. The molecule has 0 unspecified atom stereocenters. The van der Waals surface area contributed by atoms with Crippen molar-refractivity contribution >= 4 is 6.08 Å². The normalized spacial score (nSPS) is 11.9. The summed E-state index contributed by atoms with van der Waals surface area (Å²) >= 11 is 0. The number of ether oxygens (including phenoxy) is 4. The van der Waals surface area contributed by atoms with Crippen LogP contribution in [-0.2, 0) is 0 Å². The van der Waals surface area contributed by atoms with Crippen molar-refractivity contribution < 1.29 is 18.9 Å². The summed E-state index contributed by atoms with van der Waals surface area (Å²) < 4.78 is 21.2. The predicted molar refractivity (Wildman–Crippen MR) is 59.3 cm³/mol. The lowest BCUT2D eigenvalue weighted by atomic mass is 10.1. The average molecular weight is 220 g/mol. The maximum absolute atomic E-state index is 5.32. The zero-order valence-corrected chi connectivity index (χ0v) is 9.20. The first-order valence-corrected chi connectivity index (χ1v) is 4.72. The Hall–Kier alpha value is -2.06. The van der Waals surface area contributed by atoms with Gasteiger partial charge in [0.05, 0.1) is 14.2 Å². The van der Waals surface area contributed by atoms with Crippen LogP contribution in [0.1, 0.15) is 5.56 Å². The standard InChI is InChI=1S/C12H12O4/c1-4-5-8-6-9-11(16-7-15-9)12(14-3)10(8)13-2/h5-6H,1,7H2,2-3H3. The van der Waals surface area contributed by atoms with Crippen LogP contribution in [0.15, 0.2) is 18.4 Å². The zero-order valence-electron chi connectivity index (χ0n) is 9.20. The van der Waals surface area contributed by atoms with E-state index in [2.05, 4.69) is 12.3 Å². The molecule has 0 amide bonds. The number of benzene rings is 1. The van der Waals surface area contributed by atoms with Crippen LogP contribution in [-0.4, -0.2) is 21.0 Å². The highest BCUT2D eigenvalue weighted by atomic mass is 16.7. The maximum Gasteiger partial charge on any atom is 0.231 e. The third-order valence-electron chi connectivity index (χ3n) is 2.27. The summed E-state index contributed by atoms with van der Waals surface area (Å²) in [7, 11) is 3.13. The van der Waals surface area contributed by atoms with E-state index in [9.17, 15) is 0 Å². The molecule has 1 aromatic carbocycles. The quantitative estimate of drug-likeness (QED) is 0.732. The minimum atomic E-state index is 0.191. The smallest absolute Gasteiger partial charge is 0.231 e. The van der Waals surface area contributed by atoms with Crippen LogP contribution in [0.4, 0.5) is 0 Å². The van der Waals surface area contributed by atoms with Gasteiger partial charge < -0.3 is 18.9 Å². The van der Waals surface area contributed by atoms with E-state index in [1.165, 1.54) is 0 Å². The maximum atomic E-state index is 5.32. The fraction of sp³-hybridized carbons (Fsp3) is 0.250. The summed E-state index contributed by atoms with van der Waals surface area (Å²) in [6, 6.07) is 1.81. The molecule has 0 radical (unpaired) electrons. The van der Waals surface area contributed by atoms with Crippen molar-refractivity contribution in [2.24, 2.45) is 0 Å². The number of hydrogen-bond acceptors (Lipinski definition) is 4. The second-order valence-corrected chi connectivity index (χ2v) is 3.11. The molecule has 1 heterocycles. The van der Waals surface area contributed by atoms with Crippen molar-refractivity contribution in [2.75, 3.05) is 21.0 Å². The van der Waals surface area contributed by atoms with Gasteiger partial charge in [0.25, 0.3) is 0 Å². The number of hydrogen-bond donors (Lipinski definition) is 0. The van der Waals surface area contributed by atoms with Crippen LogP contribution in [0.25, 0.3) is 6.08 Å². The summed E-state index contributed by atoms with van der Waals surface area (Å²) in [6.45, 7) is 3.72. The summed E-state index contributed by atoms with van der Waals surface area (Å²) in [5, 5.41) is 0. The summed E-state index contributed by atoms with van der Waals surface area (Å²) in [4.78, 5) is 0. The fourth-order valence-corrected chi connectivity index (χ4v) is 1.63. The minimum Gasteiger partial charge on any atom is -0.492 e. The Balaban J connectivity index is 2.68. The molecule has 1 aromatic rings. The summed E-state index contributed by atoms with van der Waals surface area (Å²) in [5.41, 5.74) is 3.48. The number of rotatable bonds is 3. The van der Waals surface area contributed by atoms with Gasteiger partial charge in [0.1, 0.15) is 0 Å². The van der Waals surface area contributed by atoms with Gasteiger partial charge in [-0.2, -0.15) is 0 Å². The largest absolute Gasteiger partial charge is 0.492 e. The van der Waals surface area contributed by atoms with Gasteiger partial charge in [-0.3, -0.25) is 0 Å². The first-order valence-electron chi connectivity index (χ1n) is 4.72. The van der Waals surface area contributed by atoms with Crippen LogP contribution in [0.5, 0.6) is 23.0 Å². The van der Waals surface area contributed by atoms with E-state index in [0.29, 0.717) is 23.0 Å². The molecule has 0 saturated carbocycles. The van der Waals surface area contributed by atoms with E-state index in [1.807, 2.05) is 6.07 Å². The fourth-order valence-electron chi connectivity index (χ4n) is 1.63. The lowest BCUT2D eigenvalue weighted by Crippen LogP contribution is -1.95. The highest BCUT2D eigenvalue weighted by Crippen LogP contribution is 2.49. The van der Waals surface area contributed by atoms with Crippen molar-refractivity contribution in [1.82, 2.24) is 0 Å². The molecule has 0 bridgehead atoms. The van der Waals surface area contributed by atoms with Crippen LogP contribution in [0, 0.1) is 0 Å². The van der Waals surface area contributed by atoms with Gasteiger partial charge in [0.2, 0.25) is 18.3 Å². The zero-order chi connectivity index (χ0) is 11.5. The second-order valence-electron chi connectivity index (χ2n) is 3.11. The Kier molecular flexibility index (Phi) is 2.75. The van der Waals surface area contributed by atoms with E-state index in [4.69, 9.17) is 18.9 Å².